The molecule has 0 saturated carbocycles. The Kier molecular flexibility index (Phi) is 5.87. The van der Waals surface area contributed by atoms with Crippen molar-refractivity contribution >= 4 is 11.9 Å². The average molecular weight is 295 g/mol. The summed E-state index contributed by atoms with van der Waals surface area (Å²) in [5, 5.41) is 27.4. The van der Waals surface area contributed by atoms with Crippen molar-refractivity contribution in [3.8, 4) is 6.07 Å². The maximum atomic E-state index is 9.10. The number of carboxylic acids is 2. The zero-order chi connectivity index (χ0) is 16.0. The van der Waals surface area contributed by atoms with Crippen LogP contribution in [0.5, 0.6) is 0 Å². The van der Waals surface area contributed by atoms with E-state index in [0.29, 0.717) is 18.5 Å². The molecule has 2 N–H and O–H groups in total. The minimum atomic E-state index is -1.82. The van der Waals surface area contributed by atoms with Gasteiger partial charge in [-0.3, -0.25) is 4.90 Å². The van der Waals surface area contributed by atoms with Crippen LogP contribution in [-0.2, 0) is 9.59 Å². The molecule has 0 aromatic carbocycles. The van der Waals surface area contributed by atoms with Gasteiger partial charge in [-0.15, -0.1) is 0 Å². The summed E-state index contributed by atoms with van der Waals surface area (Å²) in [4.78, 5) is 20.4. The summed E-state index contributed by atoms with van der Waals surface area (Å²) in [6.07, 6.45) is 2.71. The predicted octanol–water partition coefficient (Wildman–Crippen LogP) is 1.19. The van der Waals surface area contributed by atoms with E-state index in [1.54, 1.807) is 0 Å². The largest absolute Gasteiger partial charge is 0.473 e. The van der Waals surface area contributed by atoms with E-state index in [0.717, 1.165) is 24.3 Å². The number of carboxylic acid groups (broad SMARTS) is 2. The van der Waals surface area contributed by atoms with Gasteiger partial charge in [0.15, 0.2) is 5.76 Å². The third kappa shape index (κ3) is 4.57. The van der Waals surface area contributed by atoms with E-state index in [-0.39, 0.29) is 0 Å². The highest BCUT2D eigenvalue weighted by molar-refractivity contribution is 6.27. The quantitative estimate of drug-likeness (QED) is 0.778. The average Bonchev–Trinajstić information content (AvgIpc) is 2.98. The molecule has 8 nitrogen and oxygen atoms in total. The number of aromatic nitrogens is 1. The number of aliphatic carboxylic acids is 2. The Bertz CT molecular complexity index is 536. The lowest BCUT2D eigenvalue weighted by atomic mass is 10.1. The maximum absolute atomic E-state index is 9.10. The first-order chi connectivity index (χ1) is 9.86. The molecule has 2 heterocycles. The molecule has 1 aromatic heterocycles. The number of likely N-dealkylation sites (tertiary alicyclic amines) is 1. The van der Waals surface area contributed by atoms with Crippen LogP contribution < -0.4 is 0 Å². The Morgan fingerprint density at radius 2 is 2.10 bits per heavy atom. The highest BCUT2D eigenvalue weighted by atomic mass is 16.5. The van der Waals surface area contributed by atoms with Gasteiger partial charge in [-0.05, 0) is 26.8 Å². The molecule has 0 radical (unpaired) electrons. The molecule has 21 heavy (non-hydrogen) atoms. The van der Waals surface area contributed by atoms with Gasteiger partial charge >= 0.3 is 11.9 Å². The highest BCUT2D eigenvalue weighted by Crippen LogP contribution is 2.35. The molecule has 1 saturated heterocycles. The molecule has 0 spiro atoms. The second-order valence-electron chi connectivity index (χ2n) is 4.76. The predicted molar refractivity (Wildman–Crippen MR) is 70.3 cm³/mol. The zero-order valence-electron chi connectivity index (χ0n) is 11.8. The standard InChI is InChI=1S/C11H15N3O.C2H2O4/c1-8-7-11(15-13-8)10-4-3-9(5-6-12)14(10)2;3-1(4)2(5)6/h7,9-10H,3-5H2,1-2H3;(H,3,4)(H,5,6)/t9-,10+;/m0./s1. The molecule has 2 atom stereocenters. The third-order valence-electron chi connectivity index (χ3n) is 3.33. The minimum absolute atomic E-state index is 0.296. The molecule has 0 bridgehead atoms. The summed E-state index contributed by atoms with van der Waals surface area (Å²) in [6, 6.07) is 4.87. The van der Waals surface area contributed by atoms with Crippen molar-refractivity contribution in [3.05, 3.63) is 17.5 Å². The molecule has 114 valence electrons. The number of nitriles is 1. The van der Waals surface area contributed by atoms with Crippen LogP contribution in [0.2, 0.25) is 0 Å². The van der Waals surface area contributed by atoms with Crippen molar-refractivity contribution in [2.75, 3.05) is 7.05 Å². The summed E-state index contributed by atoms with van der Waals surface area (Å²) in [6.45, 7) is 1.93. The van der Waals surface area contributed by atoms with Crippen molar-refractivity contribution in [1.29, 1.82) is 5.26 Å². The number of nitrogens with zero attached hydrogens (tertiary/aromatic N) is 3. The van der Waals surface area contributed by atoms with E-state index in [1.165, 1.54) is 0 Å². The Morgan fingerprint density at radius 3 is 2.52 bits per heavy atom. The van der Waals surface area contributed by atoms with Crippen molar-refractivity contribution in [1.82, 2.24) is 10.1 Å². The van der Waals surface area contributed by atoms with Crippen LogP contribution in [0.25, 0.3) is 0 Å². The van der Waals surface area contributed by atoms with Gasteiger partial charge in [0.2, 0.25) is 0 Å². The molecule has 0 aliphatic carbocycles. The van der Waals surface area contributed by atoms with Gasteiger partial charge in [0.25, 0.3) is 0 Å². The Labute approximate surface area is 121 Å². The summed E-state index contributed by atoms with van der Waals surface area (Å²) in [5.74, 6) is -2.72. The smallest absolute Gasteiger partial charge is 0.414 e. The lowest BCUT2D eigenvalue weighted by Crippen LogP contribution is -2.26. The van der Waals surface area contributed by atoms with Crippen molar-refractivity contribution in [2.24, 2.45) is 0 Å². The van der Waals surface area contributed by atoms with Gasteiger partial charge in [-0.2, -0.15) is 5.26 Å². The van der Waals surface area contributed by atoms with Crippen molar-refractivity contribution in [2.45, 2.75) is 38.3 Å². The fraction of sp³-hybridized carbons (Fsp3) is 0.538. The Morgan fingerprint density at radius 1 is 1.48 bits per heavy atom. The lowest BCUT2D eigenvalue weighted by molar-refractivity contribution is -0.159. The third-order valence-corrected chi connectivity index (χ3v) is 3.33. The number of rotatable bonds is 2. The molecule has 1 fully saturated rings. The van der Waals surface area contributed by atoms with E-state index < -0.39 is 11.9 Å². The number of aryl methyl sites for hydroxylation is 1. The fourth-order valence-corrected chi connectivity index (χ4v) is 2.25. The van der Waals surface area contributed by atoms with Crippen LogP contribution in [0.3, 0.4) is 0 Å². The van der Waals surface area contributed by atoms with Gasteiger partial charge in [0.05, 0.1) is 24.2 Å². The summed E-state index contributed by atoms with van der Waals surface area (Å²) >= 11 is 0. The molecule has 2 rings (SSSR count). The number of hydrogen-bond acceptors (Lipinski definition) is 6. The van der Waals surface area contributed by atoms with Crippen LogP contribution in [0.15, 0.2) is 10.6 Å². The molecule has 0 unspecified atom stereocenters. The lowest BCUT2D eigenvalue weighted by Gasteiger charge is -2.21. The van der Waals surface area contributed by atoms with Crippen molar-refractivity contribution in [3.63, 3.8) is 0 Å². The van der Waals surface area contributed by atoms with E-state index in [1.807, 2.05) is 13.0 Å². The molecular formula is C13H17N3O5. The Balaban J connectivity index is 0.000000315. The van der Waals surface area contributed by atoms with E-state index in [4.69, 9.17) is 29.6 Å². The van der Waals surface area contributed by atoms with E-state index in [9.17, 15) is 0 Å². The minimum Gasteiger partial charge on any atom is -0.473 e. The zero-order valence-corrected chi connectivity index (χ0v) is 11.8. The fourth-order valence-electron chi connectivity index (χ4n) is 2.25. The Hall–Kier alpha value is -2.40. The van der Waals surface area contributed by atoms with Crippen LogP contribution in [0.4, 0.5) is 0 Å². The van der Waals surface area contributed by atoms with Crippen LogP contribution in [-0.4, -0.2) is 45.3 Å². The highest BCUT2D eigenvalue weighted by Gasteiger charge is 2.33. The normalized spacial score (nSPS) is 21.2. The first kappa shape index (κ1) is 16.7. The molecular weight excluding hydrogens is 278 g/mol. The summed E-state index contributed by atoms with van der Waals surface area (Å²) < 4.78 is 5.27. The van der Waals surface area contributed by atoms with Gasteiger partial charge < -0.3 is 14.7 Å². The SMILES string of the molecule is Cc1cc([C@H]2CC[C@@H](CC#N)N2C)on1.O=C(O)C(=O)O. The molecule has 1 aromatic rings. The summed E-state index contributed by atoms with van der Waals surface area (Å²) in [5.41, 5.74) is 0.919. The molecule has 1 aliphatic rings. The first-order valence-corrected chi connectivity index (χ1v) is 6.35. The number of carbonyl (C=O) groups is 2. The van der Waals surface area contributed by atoms with Gasteiger partial charge in [-0.1, -0.05) is 5.16 Å². The van der Waals surface area contributed by atoms with Crippen LogP contribution in [0.1, 0.15) is 36.8 Å². The van der Waals surface area contributed by atoms with Crippen molar-refractivity contribution < 1.29 is 24.3 Å². The second kappa shape index (κ2) is 7.40. The second-order valence-corrected chi connectivity index (χ2v) is 4.76. The van der Waals surface area contributed by atoms with Crippen LogP contribution >= 0.6 is 0 Å². The molecule has 1 aliphatic heterocycles. The number of hydrogen-bond donors (Lipinski definition) is 2. The first-order valence-electron chi connectivity index (χ1n) is 6.35. The van der Waals surface area contributed by atoms with E-state index in [2.05, 4.69) is 23.2 Å². The molecule has 0 amide bonds. The maximum Gasteiger partial charge on any atom is 0.414 e. The monoisotopic (exact) mass is 295 g/mol. The van der Waals surface area contributed by atoms with Gasteiger partial charge in [0.1, 0.15) is 0 Å². The van der Waals surface area contributed by atoms with Gasteiger partial charge in [-0.25, -0.2) is 9.59 Å². The summed E-state index contributed by atoms with van der Waals surface area (Å²) in [7, 11) is 2.05. The van der Waals surface area contributed by atoms with Gasteiger partial charge in [0, 0.05) is 12.1 Å². The topological polar surface area (TPSA) is 128 Å². The molecule has 8 heteroatoms. The van der Waals surface area contributed by atoms with E-state index >= 15 is 0 Å². The van der Waals surface area contributed by atoms with Crippen LogP contribution in [0, 0.1) is 18.3 Å².